The van der Waals surface area contributed by atoms with Crippen LogP contribution in [0.1, 0.15) is 24.5 Å². The summed E-state index contributed by atoms with van der Waals surface area (Å²) in [5.41, 5.74) is 4.37. The van der Waals surface area contributed by atoms with Gasteiger partial charge in [-0.15, -0.1) is 0 Å². The van der Waals surface area contributed by atoms with Crippen molar-refractivity contribution in [1.82, 2.24) is 0 Å². The highest BCUT2D eigenvalue weighted by molar-refractivity contribution is 5.41. The maximum Gasteiger partial charge on any atom is 0.0857 e. The summed E-state index contributed by atoms with van der Waals surface area (Å²) in [7, 11) is 0. The second-order valence-corrected chi connectivity index (χ2v) is 4.45. The zero-order valence-corrected chi connectivity index (χ0v) is 10.9. The third kappa shape index (κ3) is 3.52. The summed E-state index contributed by atoms with van der Waals surface area (Å²) in [4.78, 5) is 0. The first-order valence-electron chi connectivity index (χ1n) is 6.35. The smallest absolute Gasteiger partial charge is 0.0857 e. The zero-order chi connectivity index (χ0) is 12.8. The average Bonchev–Trinajstić information content (AvgIpc) is 2.40. The molecule has 2 nitrogen and oxygen atoms in total. The van der Waals surface area contributed by atoms with Crippen LogP contribution in [0.4, 0.5) is 11.4 Å². The van der Waals surface area contributed by atoms with Crippen molar-refractivity contribution >= 4 is 11.4 Å². The Morgan fingerprint density at radius 2 is 1.28 bits per heavy atom. The van der Waals surface area contributed by atoms with E-state index in [9.17, 15) is 0 Å². The molecule has 2 rings (SSSR count). The quantitative estimate of drug-likeness (QED) is 0.640. The molecule has 0 fully saturated rings. The largest absolute Gasteiger partial charge is 0.151 e. The molecule has 0 aliphatic heterocycles. The molecular formula is C16H18N2. The molecule has 0 amide bonds. The molecule has 0 N–H and O–H groups in total. The first-order chi connectivity index (χ1) is 8.78. The Bertz CT molecular complexity index is 510. The van der Waals surface area contributed by atoms with Gasteiger partial charge in [-0.25, -0.2) is 0 Å². The highest BCUT2D eigenvalue weighted by Gasteiger charge is 1.93. The third-order valence-corrected chi connectivity index (χ3v) is 2.79. The van der Waals surface area contributed by atoms with Crippen LogP contribution in [-0.2, 0) is 6.42 Å². The molecule has 0 atom stereocenters. The molecule has 0 aliphatic carbocycles. The molecule has 0 spiro atoms. The van der Waals surface area contributed by atoms with Gasteiger partial charge in [-0.1, -0.05) is 43.2 Å². The molecule has 0 aliphatic rings. The molecule has 0 radical (unpaired) electrons. The van der Waals surface area contributed by atoms with Gasteiger partial charge in [-0.05, 0) is 43.2 Å². The number of hydrogen-bond acceptors (Lipinski definition) is 2. The van der Waals surface area contributed by atoms with Gasteiger partial charge in [0.1, 0.15) is 0 Å². The Morgan fingerprint density at radius 1 is 0.778 bits per heavy atom. The summed E-state index contributed by atoms with van der Waals surface area (Å²) < 4.78 is 0. The van der Waals surface area contributed by atoms with Crippen LogP contribution >= 0.6 is 0 Å². The lowest BCUT2D eigenvalue weighted by Crippen LogP contribution is -1.80. The summed E-state index contributed by atoms with van der Waals surface area (Å²) in [6.07, 6.45) is 2.29. The predicted molar refractivity (Wildman–Crippen MR) is 75.8 cm³/mol. The molecule has 0 saturated carbocycles. The number of rotatable bonds is 4. The average molecular weight is 238 g/mol. The van der Waals surface area contributed by atoms with Crippen LogP contribution in [0.5, 0.6) is 0 Å². The maximum absolute atomic E-state index is 4.23. The fourth-order valence-corrected chi connectivity index (χ4v) is 1.74. The molecule has 2 aromatic rings. The molecule has 0 aromatic heterocycles. The topological polar surface area (TPSA) is 24.7 Å². The molecular weight excluding hydrogens is 220 g/mol. The minimum absolute atomic E-state index is 0.887. The van der Waals surface area contributed by atoms with E-state index >= 15 is 0 Å². The molecule has 0 saturated heterocycles. The maximum atomic E-state index is 4.23. The Labute approximate surface area is 108 Å². The standard InChI is InChI=1S/C16H18N2/c1-3-4-14-7-11-16(12-8-14)18-17-15-9-5-13(2)6-10-15/h5-12H,3-4H2,1-2H3. The Hall–Kier alpha value is -1.96. The van der Waals surface area contributed by atoms with E-state index < -0.39 is 0 Å². The van der Waals surface area contributed by atoms with E-state index in [2.05, 4.69) is 36.2 Å². The lowest BCUT2D eigenvalue weighted by Gasteiger charge is -1.98. The zero-order valence-electron chi connectivity index (χ0n) is 10.9. The van der Waals surface area contributed by atoms with E-state index in [1.165, 1.54) is 17.5 Å². The van der Waals surface area contributed by atoms with Crippen molar-refractivity contribution in [3.05, 3.63) is 59.7 Å². The molecule has 0 heterocycles. The van der Waals surface area contributed by atoms with E-state index in [0.29, 0.717) is 0 Å². The van der Waals surface area contributed by atoms with Crippen molar-refractivity contribution < 1.29 is 0 Å². The molecule has 92 valence electrons. The summed E-state index contributed by atoms with van der Waals surface area (Å²) in [5.74, 6) is 0. The van der Waals surface area contributed by atoms with Crippen molar-refractivity contribution in [2.75, 3.05) is 0 Å². The Morgan fingerprint density at radius 3 is 1.78 bits per heavy atom. The van der Waals surface area contributed by atoms with Crippen LogP contribution in [0, 0.1) is 6.92 Å². The number of benzene rings is 2. The fraction of sp³-hybridized carbons (Fsp3) is 0.250. The predicted octanol–water partition coefficient (Wildman–Crippen LogP) is 5.36. The Kier molecular flexibility index (Phi) is 4.24. The minimum atomic E-state index is 0.887. The van der Waals surface area contributed by atoms with Gasteiger partial charge >= 0.3 is 0 Å². The number of aryl methyl sites for hydroxylation is 2. The number of nitrogens with zero attached hydrogens (tertiary/aromatic N) is 2. The second kappa shape index (κ2) is 6.10. The van der Waals surface area contributed by atoms with Gasteiger partial charge in [0, 0.05) is 0 Å². The van der Waals surface area contributed by atoms with E-state index in [0.717, 1.165) is 17.8 Å². The van der Waals surface area contributed by atoms with E-state index in [1.54, 1.807) is 0 Å². The van der Waals surface area contributed by atoms with Gasteiger partial charge in [0.25, 0.3) is 0 Å². The van der Waals surface area contributed by atoms with Crippen molar-refractivity contribution in [3.8, 4) is 0 Å². The summed E-state index contributed by atoms with van der Waals surface area (Å²) >= 11 is 0. The van der Waals surface area contributed by atoms with Crippen molar-refractivity contribution in [2.45, 2.75) is 26.7 Å². The first kappa shape index (κ1) is 12.5. The van der Waals surface area contributed by atoms with Crippen LogP contribution in [0.3, 0.4) is 0 Å². The lowest BCUT2D eigenvalue weighted by molar-refractivity contribution is 0.922. The van der Waals surface area contributed by atoms with E-state index in [1.807, 2.05) is 36.4 Å². The SMILES string of the molecule is CCCc1ccc(N=Nc2ccc(C)cc2)cc1. The van der Waals surface area contributed by atoms with Crippen LogP contribution in [-0.4, -0.2) is 0 Å². The van der Waals surface area contributed by atoms with Gasteiger partial charge in [0.15, 0.2) is 0 Å². The molecule has 2 heteroatoms. The normalized spacial score (nSPS) is 11.0. The summed E-state index contributed by atoms with van der Waals surface area (Å²) in [5, 5.41) is 8.45. The highest BCUT2D eigenvalue weighted by atomic mass is 15.1. The van der Waals surface area contributed by atoms with Crippen LogP contribution in [0.25, 0.3) is 0 Å². The summed E-state index contributed by atoms with van der Waals surface area (Å²) in [6, 6.07) is 16.3. The van der Waals surface area contributed by atoms with Gasteiger partial charge in [0.2, 0.25) is 0 Å². The van der Waals surface area contributed by atoms with Gasteiger partial charge < -0.3 is 0 Å². The van der Waals surface area contributed by atoms with E-state index in [4.69, 9.17) is 0 Å². The Balaban J connectivity index is 2.06. The second-order valence-electron chi connectivity index (χ2n) is 4.45. The highest BCUT2D eigenvalue weighted by Crippen LogP contribution is 2.19. The fourth-order valence-electron chi connectivity index (χ4n) is 1.74. The van der Waals surface area contributed by atoms with Crippen molar-refractivity contribution in [1.29, 1.82) is 0 Å². The monoisotopic (exact) mass is 238 g/mol. The van der Waals surface area contributed by atoms with Crippen LogP contribution in [0.15, 0.2) is 58.8 Å². The molecule has 0 bridgehead atoms. The van der Waals surface area contributed by atoms with Crippen LogP contribution < -0.4 is 0 Å². The van der Waals surface area contributed by atoms with Gasteiger partial charge in [0.05, 0.1) is 11.4 Å². The van der Waals surface area contributed by atoms with Crippen molar-refractivity contribution in [2.24, 2.45) is 10.2 Å². The van der Waals surface area contributed by atoms with Gasteiger partial charge in [-0.2, -0.15) is 10.2 Å². The van der Waals surface area contributed by atoms with Crippen LogP contribution in [0.2, 0.25) is 0 Å². The molecule has 18 heavy (non-hydrogen) atoms. The minimum Gasteiger partial charge on any atom is -0.151 e. The third-order valence-electron chi connectivity index (χ3n) is 2.79. The number of hydrogen-bond donors (Lipinski definition) is 0. The van der Waals surface area contributed by atoms with Gasteiger partial charge in [-0.3, -0.25) is 0 Å². The number of azo groups is 1. The van der Waals surface area contributed by atoms with Crippen molar-refractivity contribution in [3.63, 3.8) is 0 Å². The van der Waals surface area contributed by atoms with E-state index in [-0.39, 0.29) is 0 Å². The lowest BCUT2D eigenvalue weighted by atomic mass is 10.1. The molecule has 0 unspecified atom stereocenters. The molecule has 2 aromatic carbocycles. The summed E-state index contributed by atoms with van der Waals surface area (Å²) in [6.45, 7) is 4.25. The first-order valence-corrected chi connectivity index (χ1v) is 6.35.